The predicted molar refractivity (Wildman–Crippen MR) is 49.8 cm³/mol. The van der Waals surface area contributed by atoms with Gasteiger partial charge in [-0.3, -0.25) is 0 Å². The Morgan fingerprint density at radius 3 is 2.42 bits per heavy atom. The Morgan fingerprint density at radius 1 is 1.42 bits per heavy atom. The third-order valence-electron chi connectivity index (χ3n) is 1.47. The van der Waals surface area contributed by atoms with E-state index in [0.717, 1.165) is 11.3 Å². The highest BCUT2D eigenvalue weighted by Gasteiger charge is 1.92. The molecule has 0 saturated heterocycles. The fourth-order valence-corrected chi connectivity index (χ4v) is 1.41. The molecule has 1 aromatic rings. The van der Waals surface area contributed by atoms with Crippen LogP contribution < -0.4 is 4.74 Å². The van der Waals surface area contributed by atoms with Gasteiger partial charge in [-0.2, -0.15) is 0 Å². The average Bonchev–Trinajstić information content (AvgIpc) is 2.05. The highest BCUT2D eigenvalue weighted by molar-refractivity contribution is 7.72. The van der Waals surface area contributed by atoms with Crippen LogP contribution in [0.3, 0.4) is 0 Å². The summed E-state index contributed by atoms with van der Waals surface area (Å²) < 4.78 is 15.6. The zero-order valence-electron chi connectivity index (χ0n) is 6.82. The van der Waals surface area contributed by atoms with Gasteiger partial charge in [0.15, 0.2) is 0 Å². The fraction of sp³-hybridized carbons (Fsp3) is 0.222. The average molecular weight is 182 g/mol. The molecule has 3 heteroatoms. The number of ether oxygens (including phenoxy) is 1. The molecule has 0 aromatic heterocycles. The first-order chi connectivity index (χ1) is 5.72. The van der Waals surface area contributed by atoms with Crippen LogP contribution >= 0.6 is 0 Å². The molecule has 64 valence electrons. The molecule has 0 heterocycles. The van der Waals surface area contributed by atoms with Crippen LogP contribution in [0.1, 0.15) is 5.56 Å². The van der Waals surface area contributed by atoms with E-state index in [-0.39, 0.29) is 0 Å². The number of hydrogen-bond acceptors (Lipinski definition) is 2. The largest absolute Gasteiger partial charge is 0.497 e. The van der Waals surface area contributed by atoms with E-state index in [4.69, 9.17) is 10.4 Å². The Bertz CT molecular complexity index is 361. The van der Waals surface area contributed by atoms with E-state index < -0.39 is 10.2 Å². The maximum Gasteiger partial charge on any atom is 0.118 e. The lowest BCUT2D eigenvalue weighted by atomic mass is 10.2. The summed E-state index contributed by atoms with van der Waals surface area (Å²) in [5.41, 5.74) is 6.09. The van der Waals surface area contributed by atoms with Crippen LogP contribution in [-0.4, -0.2) is 11.3 Å². The molecule has 2 nitrogen and oxygen atoms in total. The summed E-state index contributed by atoms with van der Waals surface area (Å²) in [7, 11) is 0.341. The summed E-state index contributed by atoms with van der Waals surface area (Å²) >= 11 is 0. The van der Waals surface area contributed by atoms with Gasteiger partial charge in [0.25, 0.3) is 0 Å². The zero-order valence-corrected chi connectivity index (χ0v) is 7.64. The van der Waals surface area contributed by atoms with Gasteiger partial charge in [-0.05, 0) is 17.7 Å². The van der Waals surface area contributed by atoms with E-state index in [1.807, 2.05) is 24.3 Å². The minimum atomic E-state index is -1.27. The highest BCUT2D eigenvalue weighted by atomic mass is 32.2. The second kappa shape index (κ2) is 4.00. The third-order valence-corrected chi connectivity index (χ3v) is 2.09. The maximum absolute atomic E-state index is 10.6. The molecule has 12 heavy (non-hydrogen) atoms. The number of hydrogen-bond donors (Lipinski definition) is 0. The Hall–Kier alpha value is -1.18. The smallest absolute Gasteiger partial charge is 0.118 e. The van der Waals surface area contributed by atoms with Crippen LogP contribution in [0, 0.1) is 5.69 Å². The molecule has 0 amide bonds. The summed E-state index contributed by atoms with van der Waals surface area (Å²) in [6.45, 7) is 0. The van der Waals surface area contributed by atoms with Crippen molar-refractivity contribution in [1.29, 1.82) is 0 Å². The molecule has 0 aliphatic heterocycles. The Kier molecular flexibility index (Phi) is 2.97. The molecule has 0 N–H and O–H groups in total. The van der Waals surface area contributed by atoms with Gasteiger partial charge in [-0.25, -0.2) is 4.21 Å². The lowest BCUT2D eigenvalue weighted by Gasteiger charge is -1.99. The van der Waals surface area contributed by atoms with Crippen LogP contribution in [-0.2, 0) is 16.0 Å². The van der Waals surface area contributed by atoms with Gasteiger partial charge < -0.3 is 4.74 Å². The van der Waals surface area contributed by atoms with Gasteiger partial charge in [0.05, 0.1) is 12.9 Å². The molecule has 1 rings (SSSR count). The van der Waals surface area contributed by atoms with Gasteiger partial charge in [-0.15, -0.1) is 0 Å². The van der Waals surface area contributed by atoms with Gasteiger partial charge in [-0.1, -0.05) is 17.8 Å². The molecule has 0 aliphatic carbocycles. The summed E-state index contributed by atoms with van der Waals surface area (Å²) in [5.74, 6) is 1.19. The van der Waals surface area contributed by atoms with Gasteiger partial charge in [0.2, 0.25) is 0 Å². The maximum atomic E-state index is 10.6. The predicted octanol–water partition coefficient (Wildman–Crippen LogP) is 1.53. The molecule has 0 bridgehead atoms. The lowest BCUT2D eigenvalue weighted by molar-refractivity contribution is 0.414. The molecule has 0 radical (unpaired) electrons. The standard InChI is InChI=1S/C9H10O2S/c1-11-9-5-3-8(4-6-9)7-12(2)10/h2-6H,7H2,1H3. The van der Waals surface area contributed by atoms with E-state index in [9.17, 15) is 4.21 Å². The van der Waals surface area contributed by atoms with Crippen LogP contribution in [0.15, 0.2) is 24.3 Å². The van der Waals surface area contributed by atoms with Crippen LogP contribution in [0.4, 0.5) is 0 Å². The van der Waals surface area contributed by atoms with Crippen molar-refractivity contribution in [3.63, 3.8) is 0 Å². The van der Waals surface area contributed by atoms with E-state index in [1.54, 1.807) is 7.11 Å². The third kappa shape index (κ3) is 2.46. The fourth-order valence-electron chi connectivity index (χ4n) is 0.886. The van der Waals surface area contributed by atoms with Crippen molar-refractivity contribution in [3.05, 3.63) is 29.8 Å². The molecule has 0 saturated carbocycles. The molecule has 0 spiro atoms. The van der Waals surface area contributed by atoms with Crippen molar-refractivity contribution < 1.29 is 8.95 Å². The SMILES string of the molecule is C#S(=O)Cc1ccc(OC)cc1. The minimum absolute atomic E-state index is 0.393. The van der Waals surface area contributed by atoms with Crippen molar-refractivity contribution >= 4 is 10.2 Å². The summed E-state index contributed by atoms with van der Waals surface area (Å²) in [4.78, 5) is 0. The van der Waals surface area contributed by atoms with E-state index >= 15 is 0 Å². The Balaban J connectivity index is 2.80. The zero-order chi connectivity index (χ0) is 8.97. The van der Waals surface area contributed by atoms with Gasteiger partial charge in [0.1, 0.15) is 5.75 Å². The molecular formula is C9H10O2S. The van der Waals surface area contributed by atoms with Crippen molar-refractivity contribution in [2.45, 2.75) is 5.75 Å². The molecular weight excluding hydrogens is 172 g/mol. The summed E-state index contributed by atoms with van der Waals surface area (Å²) in [6.07, 6.45) is 0. The summed E-state index contributed by atoms with van der Waals surface area (Å²) in [5, 5.41) is 0. The highest BCUT2D eigenvalue weighted by Crippen LogP contribution is 2.11. The first-order valence-corrected chi connectivity index (χ1v) is 4.86. The molecule has 0 aliphatic rings. The monoisotopic (exact) mass is 182 g/mol. The first-order valence-electron chi connectivity index (χ1n) is 3.48. The van der Waals surface area contributed by atoms with Gasteiger partial charge >= 0.3 is 0 Å². The van der Waals surface area contributed by atoms with E-state index in [2.05, 4.69) is 0 Å². The quantitative estimate of drug-likeness (QED) is 0.693. The van der Waals surface area contributed by atoms with Crippen molar-refractivity contribution in [2.75, 3.05) is 7.11 Å². The van der Waals surface area contributed by atoms with Crippen molar-refractivity contribution in [2.24, 2.45) is 0 Å². The second-order valence-corrected chi connectivity index (χ2v) is 3.42. The number of benzene rings is 1. The van der Waals surface area contributed by atoms with Crippen molar-refractivity contribution in [3.8, 4) is 11.4 Å². The first kappa shape index (κ1) is 8.91. The number of methoxy groups -OCH3 is 1. The molecule has 1 aromatic carbocycles. The molecule has 0 fully saturated rings. The minimum Gasteiger partial charge on any atom is -0.497 e. The van der Waals surface area contributed by atoms with Crippen LogP contribution in [0.25, 0.3) is 0 Å². The molecule has 0 atom stereocenters. The van der Waals surface area contributed by atoms with Crippen LogP contribution in [0.2, 0.25) is 0 Å². The van der Waals surface area contributed by atoms with Crippen LogP contribution in [0.5, 0.6) is 5.75 Å². The van der Waals surface area contributed by atoms with Crippen molar-refractivity contribution in [1.82, 2.24) is 0 Å². The molecule has 0 unspecified atom stereocenters. The normalized spacial score (nSPS) is 9.33. The topological polar surface area (TPSA) is 26.3 Å². The van der Waals surface area contributed by atoms with Gasteiger partial charge in [0, 0.05) is 10.2 Å². The summed E-state index contributed by atoms with van der Waals surface area (Å²) in [6, 6.07) is 7.34. The van der Waals surface area contributed by atoms with E-state index in [1.165, 1.54) is 0 Å². The lowest BCUT2D eigenvalue weighted by Crippen LogP contribution is -1.85. The number of rotatable bonds is 2. The Labute approximate surface area is 73.9 Å². The second-order valence-electron chi connectivity index (χ2n) is 2.37. The Morgan fingerprint density at radius 2 is 2.00 bits per heavy atom. The van der Waals surface area contributed by atoms with E-state index in [0.29, 0.717) is 5.75 Å².